The van der Waals surface area contributed by atoms with Crippen molar-refractivity contribution in [2.45, 2.75) is 37.9 Å². The van der Waals surface area contributed by atoms with E-state index in [-0.39, 0.29) is 17.1 Å². The quantitative estimate of drug-likeness (QED) is 0.420. The van der Waals surface area contributed by atoms with Crippen LogP contribution in [0.5, 0.6) is 0 Å². The van der Waals surface area contributed by atoms with Crippen LogP contribution in [0.1, 0.15) is 36.5 Å². The van der Waals surface area contributed by atoms with Crippen LogP contribution in [0.4, 0.5) is 10.2 Å². The predicted octanol–water partition coefficient (Wildman–Crippen LogP) is 4.15. The number of benzene rings is 1. The van der Waals surface area contributed by atoms with E-state index < -0.39 is 11.7 Å². The Labute approximate surface area is 189 Å². The number of carbonyl (C=O) groups is 1. The van der Waals surface area contributed by atoms with Crippen molar-refractivity contribution in [1.82, 2.24) is 25.1 Å². The molecule has 0 aliphatic carbocycles. The number of nitrogens with zero attached hydrogens (tertiary/aromatic N) is 5. The van der Waals surface area contributed by atoms with Gasteiger partial charge >= 0.3 is 0 Å². The molecular formula is C21H24ClFN6OS. The molecule has 1 aliphatic heterocycles. The Bertz CT molecular complexity index is 1060. The Morgan fingerprint density at radius 1 is 1.26 bits per heavy atom. The SMILES string of the molecule is CCSc1nc(N2CCCCC2)c2cnn(CCNC(=O)c3c(F)cccc3Cl)c2n1. The van der Waals surface area contributed by atoms with Crippen molar-refractivity contribution >= 4 is 46.1 Å². The molecule has 31 heavy (non-hydrogen) atoms. The molecule has 1 fully saturated rings. The van der Waals surface area contributed by atoms with Crippen molar-refractivity contribution < 1.29 is 9.18 Å². The fourth-order valence-corrected chi connectivity index (χ4v) is 4.51. The molecule has 1 aliphatic rings. The minimum atomic E-state index is -0.644. The monoisotopic (exact) mass is 462 g/mol. The Kier molecular flexibility index (Phi) is 6.92. The van der Waals surface area contributed by atoms with Gasteiger partial charge in [-0.25, -0.2) is 19.0 Å². The number of amides is 1. The first kappa shape index (κ1) is 21.8. The predicted molar refractivity (Wildman–Crippen MR) is 122 cm³/mol. The Hall–Kier alpha value is -2.39. The third kappa shape index (κ3) is 4.77. The van der Waals surface area contributed by atoms with E-state index in [4.69, 9.17) is 21.6 Å². The second-order valence-corrected chi connectivity index (χ2v) is 8.91. The molecule has 4 rings (SSSR count). The molecule has 7 nitrogen and oxygen atoms in total. The van der Waals surface area contributed by atoms with Crippen LogP contribution in [0, 0.1) is 5.82 Å². The maximum atomic E-state index is 14.0. The zero-order valence-electron chi connectivity index (χ0n) is 17.3. The van der Waals surface area contributed by atoms with Crippen molar-refractivity contribution in [1.29, 1.82) is 0 Å². The lowest BCUT2D eigenvalue weighted by Crippen LogP contribution is -2.30. The highest BCUT2D eigenvalue weighted by Gasteiger charge is 2.20. The topological polar surface area (TPSA) is 75.9 Å². The second kappa shape index (κ2) is 9.82. The zero-order chi connectivity index (χ0) is 21.8. The van der Waals surface area contributed by atoms with Crippen molar-refractivity contribution in [3.63, 3.8) is 0 Å². The van der Waals surface area contributed by atoms with E-state index in [9.17, 15) is 9.18 Å². The molecule has 1 saturated heterocycles. The van der Waals surface area contributed by atoms with Crippen LogP contribution in [0.3, 0.4) is 0 Å². The van der Waals surface area contributed by atoms with E-state index in [0.29, 0.717) is 6.54 Å². The number of hydrogen-bond donors (Lipinski definition) is 1. The smallest absolute Gasteiger partial charge is 0.255 e. The van der Waals surface area contributed by atoms with E-state index in [1.807, 2.05) is 0 Å². The van der Waals surface area contributed by atoms with Gasteiger partial charge in [-0.3, -0.25) is 4.79 Å². The summed E-state index contributed by atoms with van der Waals surface area (Å²) in [5.41, 5.74) is 0.593. The number of fused-ring (bicyclic) bond motifs is 1. The molecule has 164 valence electrons. The summed E-state index contributed by atoms with van der Waals surface area (Å²) in [7, 11) is 0. The molecule has 0 atom stereocenters. The standard InChI is InChI=1S/C21H24ClFN6OS/c1-2-31-21-26-18(28-10-4-3-5-11-28)14-13-25-29(19(14)27-21)12-9-24-20(30)17-15(22)7-6-8-16(17)23/h6-8,13H,2-5,9-12H2,1H3,(H,24,30). The lowest BCUT2D eigenvalue weighted by Gasteiger charge is -2.28. The highest BCUT2D eigenvalue weighted by molar-refractivity contribution is 7.99. The zero-order valence-corrected chi connectivity index (χ0v) is 18.8. The van der Waals surface area contributed by atoms with Gasteiger partial charge in [-0.05, 0) is 37.1 Å². The highest BCUT2D eigenvalue weighted by Crippen LogP contribution is 2.29. The van der Waals surface area contributed by atoms with Gasteiger partial charge in [0, 0.05) is 19.6 Å². The van der Waals surface area contributed by atoms with Gasteiger partial charge in [0.2, 0.25) is 0 Å². The van der Waals surface area contributed by atoms with Gasteiger partial charge in [0.1, 0.15) is 11.6 Å². The van der Waals surface area contributed by atoms with Crippen LogP contribution in [-0.2, 0) is 6.54 Å². The average Bonchev–Trinajstić information content (AvgIpc) is 3.17. The van der Waals surface area contributed by atoms with Gasteiger partial charge < -0.3 is 10.2 Å². The van der Waals surface area contributed by atoms with Crippen molar-refractivity contribution in [2.24, 2.45) is 0 Å². The average molecular weight is 463 g/mol. The van der Waals surface area contributed by atoms with E-state index in [2.05, 4.69) is 22.2 Å². The van der Waals surface area contributed by atoms with Crippen LogP contribution in [0.15, 0.2) is 29.6 Å². The summed E-state index contributed by atoms with van der Waals surface area (Å²) in [6, 6.07) is 4.18. The van der Waals surface area contributed by atoms with Crippen LogP contribution in [0.25, 0.3) is 11.0 Å². The van der Waals surface area contributed by atoms with Gasteiger partial charge in [-0.2, -0.15) is 5.10 Å². The third-order valence-electron chi connectivity index (χ3n) is 5.18. The van der Waals surface area contributed by atoms with Crippen LogP contribution in [0.2, 0.25) is 5.02 Å². The van der Waals surface area contributed by atoms with E-state index >= 15 is 0 Å². The first-order valence-corrected chi connectivity index (χ1v) is 11.8. The number of nitrogens with one attached hydrogen (secondary N) is 1. The highest BCUT2D eigenvalue weighted by atomic mass is 35.5. The van der Waals surface area contributed by atoms with E-state index in [0.717, 1.165) is 53.7 Å². The minimum Gasteiger partial charge on any atom is -0.356 e. The van der Waals surface area contributed by atoms with Gasteiger partial charge in [-0.1, -0.05) is 36.4 Å². The van der Waals surface area contributed by atoms with Gasteiger partial charge in [-0.15, -0.1) is 0 Å². The maximum absolute atomic E-state index is 14.0. The molecule has 0 unspecified atom stereocenters. The number of hydrogen-bond acceptors (Lipinski definition) is 6. The van der Waals surface area contributed by atoms with Crippen LogP contribution in [-0.4, -0.2) is 51.0 Å². The molecular weight excluding hydrogens is 439 g/mol. The number of aromatic nitrogens is 4. The second-order valence-electron chi connectivity index (χ2n) is 7.27. The van der Waals surface area contributed by atoms with Gasteiger partial charge in [0.05, 0.1) is 28.7 Å². The molecule has 1 N–H and O–H groups in total. The largest absolute Gasteiger partial charge is 0.356 e. The van der Waals surface area contributed by atoms with Crippen molar-refractivity contribution in [3.8, 4) is 0 Å². The Balaban J connectivity index is 1.54. The van der Waals surface area contributed by atoms with Crippen LogP contribution >= 0.6 is 23.4 Å². The molecule has 2 aromatic heterocycles. The number of carbonyl (C=O) groups excluding carboxylic acids is 1. The van der Waals surface area contributed by atoms with Crippen molar-refractivity contribution in [3.05, 3.63) is 40.8 Å². The number of thioether (sulfide) groups is 1. The van der Waals surface area contributed by atoms with E-state index in [1.165, 1.54) is 24.6 Å². The molecule has 0 bridgehead atoms. The molecule has 0 saturated carbocycles. The first-order chi connectivity index (χ1) is 15.1. The van der Waals surface area contributed by atoms with E-state index in [1.54, 1.807) is 22.6 Å². The molecule has 3 heterocycles. The Morgan fingerprint density at radius 3 is 2.81 bits per heavy atom. The number of anilines is 1. The number of piperidine rings is 1. The summed E-state index contributed by atoms with van der Waals surface area (Å²) < 4.78 is 15.7. The molecule has 3 aromatic rings. The lowest BCUT2D eigenvalue weighted by atomic mass is 10.1. The molecule has 0 spiro atoms. The molecule has 0 radical (unpaired) electrons. The summed E-state index contributed by atoms with van der Waals surface area (Å²) in [6.07, 6.45) is 5.34. The Morgan fingerprint density at radius 2 is 2.06 bits per heavy atom. The summed E-state index contributed by atoms with van der Waals surface area (Å²) >= 11 is 7.57. The molecule has 1 amide bonds. The maximum Gasteiger partial charge on any atom is 0.255 e. The summed E-state index contributed by atoms with van der Waals surface area (Å²) in [5.74, 6) is 0.604. The summed E-state index contributed by atoms with van der Waals surface area (Å²) in [5, 5.41) is 8.92. The van der Waals surface area contributed by atoms with Gasteiger partial charge in [0.25, 0.3) is 5.91 Å². The fourth-order valence-electron chi connectivity index (χ4n) is 3.70. The first-order valence-electron chi connectivity index (χ1n) is 10.4. The molecule has 1 aromatic carbocycles. The summed E-state index contributed by atoms with van der Waals surface area (Å²) in [4.78, 5) is 24.2. The number of rotatable bonds is 7. The fraction of sp³-hybridized carbons (Fsp3) is 0.429. The normalized spacial score (nSPS) is 14.2. The number of halogens is 2. The summed E-state index contributed by atoms with van der Waals surface area (Å²) in [6.45, 7) is 4.69. The minimum absolute atomic E-state index is 0.0854. The van der Waals surface area contributed by atoms with Crippen molar-refractivity contribution in [2.75, 3.05) is 30.3 Å². The van der Waals surface area contributed by atoms with Crippen LogP contribution < -0.4 is 10.2 Å². The third-order valence-corrected chi connectivity index (χ3v) is 6.23. The lowest BCUT2D eigenvalue weighted by molar-refractivity contribution is 0.0948. The molecule has 10 heteroatoms. The van der Waals surface area contributed by atoms with Gasteiger partial charge in [0.15, 0.2) is 10.8 Å².